The number of piperidine rings is 1. The minimum absolute atomic E-state index is 0.691. The van der Waals surface area contributed by atoms with E-state index >= 15 is 0 Å². The van der Waals surface area contributed by atoms with Crippen LogP contribution >= 0.6 is 0 Å². The topological polar surface area (TPSA) is 30.9 Å². The second-order valence-corrected chi connectivity index (χ2v) is 6.59. The quantitative estimate of drug-likeness (QED) is 0.681. The summed E-state index contributed by atoms with van der Waals surface area (Å²) in [5.74, 6) is 3.84. The molecule has 0 aliphatic carbocycles. The third-order valence-corrected chi connectivity index (χ3v) is 4.92. The van der Waals surface area contributed by atoms with Crippen molar-refractivity contribution in [1.29, 1.82) is 0 Å². The van der Waals surface area contributed by atoms with Crippen LogP contribution in [0.2, 0.25) is 0 Å². The average Bonchev–Trinajstić information content (AvgIpc) is 2.57. The highest BCUT2D eigenvalue weighted by atomic mass is 16.5. The van der Waals surface area contributed by atoms with Crippen LogP contribution < -0.4 is 14.2 Å². The molecule has 0 saturated carbocycles. The molecule has 2 atom stereocenters. The van der Waals surface area contributed by atoms with Crippen LogP contribution in [0.15, 0.2) is 18.2 Å². The molecule has 0 N–H and O–H groups in total. The third-order valence-electron chi connectivity index (χ3n) is 4.92. The Morgan fingerprint density at radius 2 is 1.74 bits per heavy atom. The first-order chi connectivity index (χ1) is 11.2. The van der Waals surface area contributed by atoms with Gasteiger partial charge in [0.2, 0.25) is 5.75 Å². The van der Waals surface area contributed by atoms with Crippen molar-refractivity contribution in [2.24, 2.45) is 11.8 Å². The van der Waals surface area contributed by atoms with E-state index in [2.05, 4.69) is 18.7 Å². The van der Waals surface area contributed by atoms with Crippen LogP contribution in [0.25, 0.3) is 0 Å². The number of hydrogen-bond donors (Lipinski definition) is 0. The van der Waals surface area contributed by atoms with Crippen molar-refractivity contribution in [2.45, 2.75) is 33.1 Å². The molecule has 1 aliphatic heterocycles. The Balaban J connectivity index is 1.72. The zero-order valence-corrected chi connectivity index (χ0v) is 15.0. The summed E-state index contributed by atoms with van der Waals surface area (Å²) in [7, 11) is 3.31. The molecular formula is C19H31NO3. The van der Waals surface area contributed by atoms with Crippen molar-refractivity contribution < 1.29 is 14.2 Å². The molecule has 1 saturated heterocycles. The van der Waals surface area contributed by atoms with Gasteiger partial charge in [-0.2, -0.15) is 0 Å². The lowest BCUT2D eigenvalue weighted by Gasteiger charge is -2.35. The summed E-state index contributed by atoms with van der Waals surface area (Å²) in [4.78, 5) is 2.59. The molecule has 1 aliphatic rings. The van der Waals surface area contributed by atoms with Gasteiger partial charge in [0.05, 0.1) is 20.8 Å². The van der Waals surface area contributed by atoms with E-state index in [-0.39, 0.29) is 0 Å². The molecule has 130 valence electrons. The highest BCUT2D eigenvalue weighted by Crippen LogP contribution is 2.36. The monoisotopic (exact) mass is 321 g/mol. The van der Waals surface area contributed by atoms with Gasteiger partial charge >= 0.3 is 0 Å². The maximum atomic E-state index is 5.91. The molecule has 0 unspecified atom stereocenters. The summed E-state index contributed by atoms with van der Waals surface area (Å²) >= 11 is 0. The molecule has 4 heteroatoms. The highest BCUT2D eigenvalue weighted by molar-refractivity contribution is 5.51. The van der Waals surface area contributed by atoms with Crippen molar-refractivity contribution in [3.05, 3.63) is 18.2 Å². The Bertz CT molecular complexity index is 455. The Hall–Kier alpha value is -1.42. The van der Waals surface area contributed by atoms with Crippen LogP contribution in [0.5, 0.6) is 17.2 Å². The number of rotatable bonds is 8. The van der Waals surface area contributed by atoms with E-state index in [1.165, 1.54) is 32.5 Å². The summed E-state index contributed by atoms with van der Waals surface area (Å²) in [5.41, 5.74) is 0. The summed E-state index contributed by atoms with van der Waals surface area (Å²) in [6, 6.07) is 5.70. The predicted molar refractivity (Wildman–Crippen MR) is 93.7 cm³/mol. The molecule has 0 spiro atoms. The van der Waals surface area contributed by atoms with Gasteiger partial charge in [0.25, 0.3) is 0 Å². The fourth-order valence-corrected chi connectivity index (χ4v) is 3.12. The molecule has 1 aromatic carbocycles. The fraction of sp³-hybridized carbons (Fsp3) is 0.684. The van der Waals surface area contributed by atoms with E-state index < -0.39 is 0 Å². The van der Waals surface area contributed by atoms with Crippen LogP contribution in [-0.4, -0.2) is 45.4 Å². The molecule has 0 bridgehead atoms. The number of para-hydroxylation sites is 1. The molecule has 2 rings (SSSR count). The molecule has 1 fully saturated rings. The number of hydrogen-bond acceptors (Lipinski definition) is 4. The minimum Gasteiger partial charge on any atom is -0.493 e. The van der Waals surface area contributed by atoms with Crippen LogP contribution in [-0.2, 0) is 0 Å². The minimum atomic E-state index is 0.691. The van der Waals surface area contributed by atoms with Gasteiger partial charge in [0.15, 0.2) is 11.5 Å². The van der Waals surface area contributed by atoms with Gasteiger partial charge in [0, 0.05) is 6.54 Å². The fourth-order valence-electron chi connectivity index (χ4n) is 3.12. The summed E-state index contributed by atoms with van der Waals surface area (Å²) in [6.07, 6.45) is 3.54. The van der Waals surface area contributed by atoms with E-state index in [1.54, 1.807) is 14.2 Å². The first-order valence-electron chi connectivity index (χ1n) is 8.71. The molecular weight excluding hydrogens is 290 g/mol. The van der Waals surface area contributed by atoms with Crippen molar-refractivity contribution in [2.75, 3.05) is 40.5 Å². The zero-order chi connectivity index (χ0) is 16.7. The third kappa shape index (κ3) is 5.03. The lowest BCUT2D eigenvalue weighted by atomic mass is 9.88. The van der Waals surface area contributed by atoms with Gasteiger partial charge in [0.1, 0.15) is 0 Å². The van der Waals surface area contributed by atoms with Crippen LogP contribution in [0.3, 0.4) is 0 Å². The maximum Gasteiger partial charge on any atom is 0.203 e. The average molecular weight is 321 g/mol. The molecule has 1 aromatic rings. The first-order valence-corrected chi connectivity index (χ1v) is 8.71. The van der Waals surface area contributed by atoms with E-state index in [4.69, 9.17) is 14.2 Å². The van der Waals surface area contributed by atoms with Gasteiger partial charge in [-0.15, -0.1) is 0 Å². The molecule has 0 amide bonds. The largest absolute Gasteiger partial charge is 0.493 e. The van der Waals surface area contributed by atoms with E-state index in [0.717, 1.165) is 29.8 Å². The Morgan fingerprint density at radius 1 is 1.04 bits per heavy atom. The molecule has 0 aromatic heterocycles. The number of unbranched alkanes of at least 4 members (excludes halogenated alkanes) is 1. The van der Waals surface area contributed by atoms with Crippen molar-refractivity contribution in [3.8, 4) is 17.2 Å². The van der Waals surface area contributed by atoms with Gasteiger partial charge in [-0.1, -0.05) is 19.9 Å². The van der Waals surface area contributed by atoms with Crippen molar-refractivity contribution >= 4 is 0 Å². The van der Waals surface area contributed by atoms with Gasteiger partial charge in [-0.05, 0) is 56.3 Å². The van der Waals surface area contributed by atoms with Gasteiger partial charge in [-0.25, -0.2) is 0 Å². The van der Waals surface area contributed by atoms with Crippen LogP contribution in [0.1, 0.15) is 33.1 Å². The number of nitrogens with zero attached hydrogens (tertiary/aromatic N) is 1. The number of benzene rings is 1. The lowest BCUT2D eigenvalue weighted by molar-refractivity contribution is 0.134. The first kappa shape index (κ1) is 17.9. The van der Waals surface area contributed by atoms with Gasteiger partial charge in [-0.3, -0.25) is 0 Å². The van der Waals surface area contributed by atoms with Crippen molar-refractivity contribution in [1.82, 2.24) is 4.90 Å². The molecule has 0 radical (unpaired) electrons. The maximum absolute atomic E-state index is 5.91. The Morgan fingerprint density at radius 3 is 2.35 bits per heavy atom. The summed E-state index contributed by atoms with van der Waals surface area (Å²) in [5, 5.41) is 0. The number of likely N-dealkylation sites (tertiary alicyclic amines) is 1. The zero-order valence-electron chi connectivity index (χ0n) is 15.0. The molecule has 1 heterocycles. The van der Waals surface area contributed by atoms with Gasteiger partial charge < -0.3 is 19.1 Å². The smallest absolute Gasteiger partial charge is 0.203 e. The number of methoxy groups -OCH3 is 2. The molecule has 4 nitrogen and oxygen atoms in total. The number of ether oxygens (including phenoxy) is 3. The Labute approximate surface area is 140 Å². The predicted octanol–water partition coefficient (Wildman–Crippen LogP) is 3.84. The highest BCUT2D eigenvalue weighted by Gasteiger charge is 2.21. The Kier molecular flexibility index (Phi) is 7.03. The molecule has 23 heavy (non-hydrogen) atoms. The standard InChI is InChI=1S/C19H31NO3/c1-15-10-12-20(14-16(15)2)11-5-6-13-23-19-17(21-3)8-7-9-18(19)22-4/h7-9,15-16H,5-6,10-14H2,1-4H3/t15-,16-/m0/s1. The van der Waals surface area contributed by atoms with E-state index in [0.29, 0.717) is 12.4 Å². The van der Waals surface area contributed by atoms with Crippen LogP contribution in [0, 0.1) is 11.8 Å². The normalized spacial score (nSPS) is 21.9. The summed E-state index contributed by atoms with van der Waals surface area (Å²) in [6.45, 7) is 9.08. The van der Waals surface area contributed by atoms with Crippen molar-refractivity contribution in [3.63, 3.8) is 0 Å². The van der Waals surface area contributed by atoms with Crippen LogP contribution in [0.4, 0.5) is 0 Å². The second kappa shape index (κ2) is 9.02. The SMILES string of the molecule is COc1cccc(OC)c1OCCCCN1CC[C@H](C)[C@@H](C)C1. The lowest BCUT2D eigenvalue weighted by Crippen LogP contribution is -2.38. The summed E-state index contributed by atoms with van der Waals surface area (Å²) < 4.78 is 16.6. The van der Waals surface area contributed by atoms with E-state index in [9.17, 15) is 0 Å². The van der Waals surface area contributed by atoms with E-state index in [1.807, 2.05) is 18.2 Å². The second-order valence-electron chi connectivity index (χ2n) is 6.59.